The molecule has 2 aromatic rings. The van der Waals surface area contributed by atoms with E-state index in [1.165, 1.54) is 10.7 Å². The second-order valence-corrected chi connectivity index (χ2v) is 6.70. The summed E-state index contributed by atoms with van der Waals surface area (Å²) in [6.07, 6.45) is 0. The van der Waals surface area contributed by atoms with E-state index in [0.717, 1.165) is 37.6 Å². The first-order valence-corrected chi connectivity index (χ1v) is 9.58. The van der Waals surface area contributed by atoms with Crippen molar-refractivity contribution < 1.29 is 14.3 Å². The molecule has 156 valence electrons. The quantitative estimate of drug-likeness (QED) is 0.638. The molecule has 1 aliphatic rings. The molecule has 0 radical (unpaired) electrons. The summed E-state index contributed by atoms with van der Waals surface area (Å²) in [6, 6.07) is 11.2. The van der Waals surface area contributed by atoms with Gasteiger partial charge in [0.25, 0.3) is 5.56 Å². The maximum atomic E-state index is 12.1. The van der Waals surface area contributed by atoms with E-state index >= 15 is 0 Å². The maximum Gasteiger partial charge on any atom is 0.267 e. The van der Waals surface area contributed by atoms with Crippen molar-refractivity contribution in [3.63, 3.8) is 0 Å². The van der Waals surface area contributed by atoms with E-state index in [0.29, 0.717) is 19.0 Å². The highest BCUT2D eigenvalue weighted by Gasteiger charge is 2.19. The van der Waals surface area contributed by atoms with Gasteiger partial charge in [-0.2, -0.15) is 5.10 Å². The lowest BCUT2D eigenvalue weighted by Crippen LogP contribution is -2.47. The molecular weight excluding hydrogens is 374 g/mol. The summed E-state index contributed by atoms with van der Waals surface area (Å²) in [7, 11) is 3.22. The number of benzene rings is 1. The molecule has 9 nitrogen and oxygen atoms in total. The lowest BCUT2D eigenvalue weighted by Gasteiger charge is -2.36. The monoisotopic (exact) mass is 401 g/mol. The second kappa shape index (κ2) is 9.92. The van der Waals surface area contributed by atoms with Crippen LogP contribution in [0, 0.1) is 0 Å². The molecule has 1 aromatic carbocycles. The molecule has 0 aliphatic carbocycles. The van der Waals surface area contributed by atoms with Gasteiger partial charge < -0.3 is 24.6 Å². The zero-order valence-electron chi connectivity index (χ0n) is 16.8. The number of nitrogens with one attached hydrogen (secondary N) is 1. The number of amides is 1. The summed E-state index contributed by atoms with van der Waals surface area (Å²) in [5, 5.41) is 7.09. The van der Waals surface area contributed by atoms with Crippen molar-refractivity contribution in [3.8, 4) is 5.75 Å². The number of anilines is 2. The Balaban J connectivity index is 1.60. The molecule has 0 unspecified atom stereocenters. The third kappa shape index (κ3) is 5.47. The SMILES string of the molecule is COCCNC(=O)Cn1nc(N2CCN(c3ccc(OC)cc3)CC2)ccc1=O. The smallest absolute Gasteiger partial charge is 0.267 e. The van der Waals surface area contributed by atoms with Gasteiger partial charge in [-0.25, -0.2) is 4.68 Å². The standard InChI is InChI=1S/C20H27N5O4/c1-28-14-9-21-19(26)15-25-20(27)8-7-18(22-25)24-12-10-23(11-13-24)16-3-5-17(29-2)6-4-16/h3-8H,9-15H2,1-2H3,(H,21,26). The lowest BCUT2D eigenvalue weighted by molar-refractivity contribution is -0.122. The van der Waals surface area contributed by atoms with Crippen LogP contribution in [0.25, 0.3) is 0 Å². The van der Waals surface area contributed by atoms with Gasteiger partial charge in [-0.15, -0.1) is 0 Å². The van der Waals surface area contributed by atoms with E-state index in [4.69, 9.17) is 9.47 Å². The van der Waals surface area contributed by atoms with E-state index in [9.17, 15) is 9.59 Å². The summed E-state index contributed by atoms with van der Waals surface area (Å²) in [4.78, 5) is 28.5. The van der Waals surface area contributed by atoms with E-state index in [1.54, 1.807) is 20.3 Å². The molecule has 0 spiro atoms. The third-order valence-electron chi connectivity index (χ3n) is 4.82. The first-order valence-electron chi connectivity index (χ1n) is 9.58. The minimum Gasteiger partial charge on any atom is -0.497 e. The van der Waals surface area contributed by atoms with Crippen LogP contribution in [0.5, 0.6) is 5.75 Å². The number of carbonyl (C=O) groups excluding carboxylic acids is 1. The summed E-state index contributed by atoms with van der Waals surface area (Å²) in [5.74, 6) is 1.27. The highest BCUT2D eigenvalue weighted by Crippen LogP contribution is 2.21. The van der Waals surface area contributed by atoms with Crippen molar-refractivity contribution in [3.05, 3.63) is 46.8 Å². The largest absolute Gasteiger partial charge is 0.497 e. The number of methoxy groups -OCH3 is 2. The molecule has 2 heterocycles. The third-order valence-corrected chi connectivity index (χ3v) is 4.82. The number of hydrogen-bond acceptors (Lipinski definition) is 7. The van der Waals surface area contributed by atoms with Gasteiger partial charge in [-0.1, -0.05) is 0 Å². The molecule has 0 atom stereocenters. The fraction of sp³-hybridized carbons (Fsp3) is 0.450. The van der Waals surface area contributed by atoms with E-state index in [2.05, 4.69) is 32.3 Å². The number of nitrogens with zero attached hydrogens (tertiary/aromatic N) is 4. The highest BCUT2D eigenvalue weighted by atomic mass is 16.5. The lowest BCUT2D eigenvalue weighted by atomic mass is 10.2. The summed E-state index contributed by atoms with van der Waals surface area (Å²) in [6.45, 7) is 3.94. The Labute approximate surface area is 169 Å². The predicted octanol–water partition coefficient (Wildman–Crippen LogP) is 0.341. The van der Waals surface area contributed by atoms with Crippen LogP contribution in [0.2, 0.25) is 0 Å². The van der Waals surface area contributed by atoms with Gasteiger partial charge in [0.1, 0.15) is 18.1 Å². The molecular formula is C20H27N5O4. The zero-order chi connectivity index (χ0) is 20.6. The number of rotatable bonds is 8. The normalized spacial score (nSPS) is 14.0. The summed E-state index contributed by atoms with van der Waals surface area (Å²) < 4.78 is 11.3. The van der Waals surface area contributed by atoms with Gasteiger partial charge in [0.05, 0.1) is 13.7 Å². The first kappa shape index (κ1) is 20.7. The Hall–Kier alpha value is -3.07. The number of hydrogen-bond donors (Lipinski definition) is 1. The van der Waals surface area contributed by atoms with Crippen molar-refractivity contribution in [2.45, 2.75) is 6.54 Å². The topological polar surface area (TPSA) is 88.9 Å². The molecule has 3 rings (SSSR count). The number of ether oxygens (including phenoxy) is 2. The Bertz CT molecular complexity index is 860. The van der Waals surface area contributed by atoms with Crippen LogP contribution in [0.1, 0.15) is 0 Å². The molecule has 0 bridgehead atoms. The molecule has 29 heavy (non-hydrogen) atoms. The van der Waals surface area contributed by atoms with Crippen molar-refractivity contribution in [2.75, 3.05) is 63.4 Å². The van der Waals surface area contributed by atoms with Gasteiger partial charge in [-0.3, -0.25) is 9.59 Å². The van der Waals surface area contributed by atoms with Crippen LogP contribution in [0.3, 0.4) is 0 Å². The van der Waals surface area contributed by atoms with Gasteiger partial charge in [0.2, 0.25) is 5.91 Å². The number of carbonyl (C=O) groups is 1. The molecule has 1 amide bonds. The fourth-order valence-corrected chi connectivity index (χ4v) is 3.19. The number of piperazine rings is 1. The average Bonchev–Trinajstić information content (AvgIpc) is 2.76. The van der Waals surface area contributed by atoms with E-state index in [1.807, 2.05) is 12.1 Å². The molecule has 0 saturated carbocycles. The van der Waals surface area contributed by atoms with E-state index in [-0.39, 0.29) is 18.0 Å². The Morgan fingerprint density at radius 3 is 2.38 bits per heavy atom. The van der Waals surface area contributed by atoms with Crippen molar-refractivity contribution in [2.24, 2.45) is 0 Å². The Morgan fingerprint density at radius 2 is 1.72 bits per heavy atom. The van der Waals surface area contributed by atoms with Crippen LogP contribution in [0.4, 0.5) is 11.5 Å². The maximum absolute atomic E-state index is 12.1. The molecule has 9 heteroatoms. The van der Waals surface area contributed by atoms with Crippen LogP contribution in [-0.4, -0.2) is 69.2 Å². The van der Waals surface area contributed by atoms with Gasteiger partial charge >= 0.3 is 0 Å². The average molecular weight is 401 g/mol. The van der Waals surface area contributed by atoms with Gasteiger partial charge in [0.15, 0.2) is 0 Å². The van der Waals surface area contributed by atoms with Crippen LogP contribution in [-0.2, 0) is 16.1 Å². The Kier molecular flexibility index (Phi) is 7.07. The Morgan fingerprint density at radius 1 is 1.03 bits per heavy atom. The highest BCUT2D eigenvalue weighted by molar-refractivity contribution is 5.75. The van der Waals surface area contributed by atoms with Crippen LogP contribution in [0.15, 0.2) is 41.2 Å². The molecule has 1 fully saturated rings. The minimum atomic E-state index is -0.299. The number of aromatic nitrogens is 2. The van der Waals surface area contributed by atoms with Gasteiger partial charge in [-0.05, 0) is 30.3 Å². The summed E-state index contributed by atoms with van der Waals surface area (Å²) >= 11 is 0. The van der Waals surface area contributed by atoms with Crippen molar-refractivity contribution >= 4 is 17.4 Å². The molecule has 1 aromatic heterocycles. The van der Waals surface area contributed by atoms with Crippen molar-refractivity contribution in [1.82, 2.24) is 15.1 Å². The van der Waals surface area contributed by atoms with Gasteiger partial charge in [0, 0.05) is 51.6 Å². The van der Waals surface area contributed by atoms with E-state index < -0.39 is 0 Å². The molecule has 1 saturated heterocycles. The molecule has 1 N–H and O–H groups in total. The second-order valence-electron chi connectivity index (χ2n) is 6.70. The predicted molar refractivity (Wildman–Crippen MR) is 111 cm³/mol. The molecule has 1 aliphatic heterocycles. The van der Waals surface area contributed by atoms with Crippen molar-refractivity contribution in [1.29, 1.82) is 0 Å². The fourth-order valence-electron chi connectivity index (χ4n) is 3.19. The first-order chi connectivity index (χ1) is 14.1. The van der Waals surface area contributed by atoms with Crippen LogP contribution >= 0.6 is 0 Å². The summed E-state index contributed by atoms with van der Waals surface area (Å²) in [5.41, 5.74) is 0.851. The minimum absolute atomic E-state index is 0.109. The zero-order valence-corrected chi connectivity index (χ0v) is 16.8. The van der Waals surface area contributed by atoms with Crippen LogP contribution < -0.4 is 25.4 Å².